The van der Waals surface area contributed by atoms with Gasteiger partial charge in [-0.15, -0.1) is 12.4 Å². The fraction of sp³-hybridized carbons (Fsp3) is 0.727. The lowest BCUT2D eigenvalue weighted by molar-refractivity contribution is 0.514. The van der Waals surface area contributed by atoms with Gasteiger partial charge in [-0.3, -0.25) is 4.68 Å². The SMILES string of the molecule is CCCn1nccc1CNCC(C)C.Cl. The second-order valence-corrected chi connectivity index (χ2v) is 4.07. The summed E-state index contributed by atoms with van der Waals surface area (Å²) >= 11 is 0. The Kier molecular flexibility index (Phi) is 7.44. The third-order valence-corrected chi connectivity index (χ3v) is 2.10. The summed E-state index contributed by atoms with van der Waals surface area (Å²) in [6, 6.07) is 2.09. The summed E-state index contributed by atoms with van der Waals surface area (Å²) in [6.45, 7) is 9.63. The van der Waals surface area contributed by atoms with Crippen LogP contribution in [0.1, 0.15) is 32.9 Å². The summed E-state index contributed by atoms with van der Waals surface area (Å²) in [5.74, 6) is 0.706. The molecular weight excluding hydrogens is 210 g/mol. The molecule has 1 aromatic rings. The van der Waals surface area contributed by atoms with Crippen LogP contribution in [0.4, 0.5) is 0 Å². The molecule has 0 amide bonds. The van der Waals surface area contributed by atoms with E-state index in [4.69, 9.17) is 0 Å². The average Bonchev–Trinajstić information content (AvgIpc) is 2.53. The molecule has 15 heavy (non-hydrogen) atoms. The van der Waals surface area contributed by atoms with Crippen molar-refractivity contribution in [1.29, 1.82) is 0 Å². The van der Waals surface area contributed by atoms with Gasteiger partial charge in [0.05, 0.1) is 5.69 Å². The van der Waals surface area contributed by atoms with Crippen LogP contribution in [-0.4, -0.2) is 16.3 Å². The smallest absolute Gasteiger partial charge is 0.0522 e. The first-order valence-corrected chi connectivity index (χ1v) is 5.45. The van der Waals surface area contributed by atoms with Crippen molar-refractivity contribution in [3.8, 4) is 0 Å². The van der Waals surface area contributed by atoms with E-state index in [9.17, 15) is 0 Å². The van der Waals surface area contributed by atoms with Crippen molar-refractivity contribution in [3.05, 3.63) is 18.0 Å². The fourth-order valence-corrected chi connectivity index (χ4v) is 1.41. The van der Waals surface area contributed by atoms with Gasteiger partial charge in [-0.2, -0.15) is 5.10 Å². The van der Waals surface area contributed by atoms with Crippen molar-refractivity contribution < 1.29 is 0 Å². The van der Waals surface area contributed by atoms with Gasteiger partial charge in [0.1, 0.15) is 0 Å². The maximum Gasteiger partial charge on any atom is 0.0522 e. The number of halogens is 1. The zero-order valence-corrected chi connectivity index (χ0v) is 10.7. The lowest BCUT2D eigenvalue weighted by atomic mass is 10.2. The maximum absolute atomic E-state index is 4.28. The van der Waals surface area contributed by atoms with Crippen molar-refractivity contribution >= 4 is 12.4 Å². The molecule has 0 fully saturated rings. The van der Waals surface area contributed by atoms with Crippen molar-refractivity contribution in [1.82, 2.24) is 15.1 Å². The van der Waals surface area contributed by atoms with E-state index in [2.05, 4.69) is 41.9 Å². The van der Waals surface area contributed by atoms with Crippen LogP contribution in [0.5, 0.6) is 0 Å². The van der Waals surface area contributed by atoms with Crippen molar-refractivity contribution in [2.75, 3.05) is 6.54 Å². The number of rotatable bonds is 6. The molecule has 1 heterocycles. The fourth-order valence-electron chi connectivity index (χ4n) is 1.41. The summed E-state index contributed by atoms with van der Waals surface area (Å²) in [7, 11) is 0. The molecule has 88 valence electrons. The van der Waals surface area contributed by atoms with E-state index < -0.39 is 0 Å². The molecule has 1 rings (SSSR count). The average molecular weight is 232 g/mol. The number of aromatic nitrogens is 2. The topological polar surface area (TPSA) is 29.9 Å². The molecule has 0 atom stereocenters. The van der Waals surface area contributed by atoms with Crippen LogP contribution in [0.15, 0.2) is 12.3 Å². The standard InChI is InChI=1S/C11H21N3.ClH/c1-4-7-14-11(5-6-13-14)9-12-8-10(2)3;/h5-6,10,12H,4,7-9H2,1-3H3;1H. The number of hydrogen-bond donors (Lipinski definition) is 1. The Bertz CT molecular complexity index is 258. The van der Waals surface area contributed by atoms with Crippen LogP contribution in [0.2, 0.25) is 0 Å². The van der Waals surface area contributed by atoms with E-state index in [1.807, 2.05) is 6.20 Å². The zero-order chi connectivity index (χ0) is 10.4. The minimum absolute atomic E-state index is 0. The Morgan fingerprint density at radius 2 is 2.20 bits per heavy atom. The Labute approximate surface area is 98.7 Å². The lowest BCUT2D eigenvalue weighted by Crippen LogP contribution is -2.21. The molecule has 0 unspecified atom stereocenters. The van der Waals surface area contributed by atoms with Gasteiger partial charge in [0, 0.05) is 19.3 Å². The molecule has 0 bridgehead atoms. The van der Waals surface area contributed by atoms with Gasteiger partial charge >= 0.3 is 0 Å². The van der Waals surface area contributed by atoms with Gasteiger partial charge in [0.2, 0.25) is 0 Å². The first-order chi connectivity index (χ1) is 6.74. The highest BCUT2D eigenvalue weighted by molar-refractivity contribution is 5.85. The maximum atomic E-state index is 4.28. The van der Waals surface area contributed by atoms with E-state index >= 15 is 0 Å². The highest BCUT2D eigenvalue weighted by atomic mass is 35.5. The molecule has 0 aliphatic carbocycles. The van der Waals surface area contributed by atoms with Crippen molar-refractivity contribution in [3.63, 3.8) is 0 Å². The highest BCUT2D eigenvalue weighted by Crippen LogP contribution is 2.00. The quantitative estimate of drug-likeness (QED) is 0.815. The van der Waals surface area contributed by atoms with Crippen LogP contribution in [-0.2, 0) is 13.1 Å². The van der Waals surface area contributed by atoms with Gasteiger partial charge in [-0.1, -0.05) is 20.8 Å². The molecule has 0 aliphatic heterocycles. The molecule has 0 saturated carbocycles. The van der Waals surface area contributed by atoms with Crippen LogP contribution in [0, 0.1) is 5.92 Å². The Morgan fingerprint density at radius 1 is 1.47 bits per heavy atom. The summed E-state index contributed by atoms with van der Waals surface area (Å²) in [5.41, 5.74) is 1.28. The second kappa shape index (κ2) is 7.71. The number of nitrogens with one attached hydrogen (secondary N) is 1. The Morgan fingerprint density at radius 3 is 2.80 bits per heavy atom. The monoisotopic (exact) mass is 231 g/mol. The number of nitrogens with zero attached hydrogens (tertiary/aromatic N) is 2. The molecule has 0 spiro atoms. The van der Waals surface area contributed by atoms with E-state index in [1.54, 1.807) is 0 Å². The highest BCUT2D eigenvalue weighted by Gasteiger charge is 2.00. The van der Waals surface area contributed by atoms with Gasteiger partial charge in [-0.25, -0.2) is 0 Å². The molecule has 0 radical (unpaired) electrons. The third kappa shape index (κ3) is 5.19. The minimum Gasteiger partial charge on any atom is -0.311 e. The summed E-state index contributed by atoms with van der Waals surface area (Å²) in [6.07, 6.45) is 3.01. The summed E-state index contributed by atoms with van der Waals surface area (Å²) in [4.78, 5) is 0. The van der Waals surface area contributed by atoms with E-state index in [1.165, 1.54) is 5.69 Å². The summed E-state index contributed by atoms with van der Waals surface area (Å²) in [5, 5.41) is 7.71. The van der Waals surface area contributed by atoms with E-state index in [0.717, 1.165) is 26.1 Å². The van der Waals surface area contributed by atoms with Crippen LogP contribution in [0.3, 0.4) is 0 Å². The van der Waals surface area contributed by atoms with Gasteiger partial charge < -0.3 is 5.32 Å². The van der Waals surface area contributed by atoms with Gasteiger partial charge in [-0.05, 0) is 24.9 Å². The van der Waals surface area contributed by atoms with E-state index in [0.29, 0.717) is 5.92 Å². The molecule has 0 aromatic carbocycles. The predicted octanol–water partition coefficient (Wildman–Crippen LogP) is 2.46. The van der Waals surface area contributed by atoms with Crippen LogP contribution < -0.4 is 5.32 Å². The first-order valence-electron chi connectivity index (χ1n) is 5.45. The molecule has 1 aromatic heterocycles. The van der Waals surface area contributed by atoms with Crippen molar-refractivity contribution in [2.24, 2.45) is 5.92 Å². The third-order valence-electron chi connectivity index (χ3n) is 2.10. The zero-order valence-electron chi connectivity index (χ0n) is 9.86. The Balaban J connectivity index is 0.00000196. The molecular formula is C11H22ClN3. The molecule has 3 nitrogen and oxygen atoms in total. The molecule has 4 heteroatoms. The van der Waals surface area contributed by atoms with Crippen LogP contribution >= 0.6 is 12.4 Å². The lowest BCUT2D eigenvalue weighted by Gasteiger charge is -2.09. The van der Waals surface area contributed by atoms with Crippen molar-refractivity contribution in [2.45, 2.75) is 40.3 Å². The van der Waals surface area contributed by atoms with E-state index in [-0.39, 0.29) is 12.4 Å². The first kappa shape index (κ1) is 14.5. The predicted molar refractivity (Wildman–Crippen MR) is 66.3 cm³/mol. The summed E-state index contributed by atoms with van der Waals surface area (Å²) < 4.78 is 2.08. The molecule has 0 aliphatic rings. The number of hydrogen-bond acceptors (Lipinski definition) is 2. The van der Waals surface area contributed by atoms with Gasteiger partial charge in [0.25, 0.3) is 0 Å². The molecule has 1 N–H and O–H groups in total. The number of aryl methyl sites for hydroxylation is 1. The largest absolute Gasteiger partial charge is 0.311 e. The Hall–Kier alpha value is -0.540. The molecule has 0 saturated heterocycles. The minimum atomic E-state index is 0. The van der Waals surface area contributed by atoms with Crippen LogP contribution in [0.25, 0.3) is 0 Å². The van der Waals surface area contributed by atoms with Gasteiger partial charge in [0.15, 0.2) is 0 Å². The normalized spacial score (nSPS) is 10.4. The second-order valence-electron chi connectivity index (χ2n) is 4.07.